The molecule has 2 aromatic rings. The molecule has 1 saturated heterocycles. The number of carbonyl (C=O) groups is 8. The van der Waals surface area contributed by atoms with Gasteiger partial charge in [0.1, 0.15) is 37.4 Å². The van der Waals surface area contributed by atoms with Gasteiger partial charge in [-0.25, -0.2) is 4.79 Å². The second-order valence-electron chi connectivity index (χ2n) is 13.0. The second-order valence-corrected chi connectivity index (χ2v) is 13.0. The number of carbonyl (C=O) groups excluding carboxylic acids is 8. The van der Waals surface area contributed by atoms with Crippen LogP contribution in [0.1, 0.15) is 52.7 Å². The molecule has 1 aliphatic rings. The zero-order chi connectivity index (χ0) is 42.2. The second kappa shape index (κ2) is 21.9. The number of amides is 4. The van der Waals surface area contributed by atoms with Gasteiger partial charge >= 0.3 is 30.0 Å². The average Bonchev–Trinajstić information content (AvgIpc) is 3.14. The van der Waals surface area contributed by atoms with Gasteiger partial charge in [-0.05, 0) is 25.0 Å². The first-order valence-electron chi connectivity index (χ1n) is 17.8. The Hall–Kier alpha value is -6.08. The Balaban J connectivity index is 1.95. The zero-order valence-electron chi connectivity index (χ0n) is 32.3. The van der Waals surface area contributed by atoms with E-state index in [0.29, 0.717) is 11.1 Å². The molecule has 0 aromatic heterocycles. The molecule has 0 aliphatic carbocycles. The molecule has 9 atom stereocenters. The van der Waals surface area contributed by atoms with Gasteiger partial charge in [-0.2, -0.15) is 0 Å². The largest absolute Gasteiger partial charge is 0.463 e. The predicted molar refractivity (Wildman–Crippen MR) is 195 cm³/mol. The fourth-order valence-electron chi connectivity index (χ4n) is 5.60. The molecule has 1 fully saturated rings. The highest BCUT2D eigenvalue weighted by Crippen LogP contribution is 2.31. The van der Waals surface area contributed by atoms with E-state index >= 15 is 0 Å². The molecule has 1 aliphatic heterocycles. The van der Waals surface area contributed by atoms with E-state index in [1.54, 1.807) is 60.7 Å². The lowest BCUT2D eigenvalue weighted by Crippen LogP contribution is -2.65. The van der Waals surface area contributed by atoms with E-state index < -0.39 is 109 Å². The summed E-state index contributed by atoms with van der Waals surface area (Å²) in [5.74, 6) is -6.17. The normalized spacial score (nSPS) is 20.8. The van der Waals surface area contributed by atoms with Crippen molar-refractivity contribution >= 4 is 47.7 Å². The highest BCUT2D eigenvalue weighted by molar-refractivity contribution is 5.94. The van der Waals surface area contributed by atoms with Gasteiger partial charge in [0.05, 0.1) is 6.10 Å². The number of rotatable bonds is 18. The van der Waals surface area contributed by atoms with Crippen molar-refractivity contribution in [3.05, 3.63) is 71.8 Å². The minimum atomic E-state index is -1.74. The Morgan fingerprint density at radius 1 is 0.667 bits per heavy atom. The molecule has 0 spiro atoms. The standard InChI is InChI=1S/C38H48N4O15/c1-20(40-38(50)52-18-27-15-11-8-12-16-27)35(48)42-30(36(49)41-28(34(39)47)17-26-13-9-7-10-14-26)21(2)53-37-33(56-25(6)46)32(55-24(5)45)31(54-23(4)44)29(57-37)19-51-22(3)43/h7-16,20-21,28-33,37H,17-19H2,1-6H3,(H2,39,47)(H,40,50)(H,41,49)(H,42,48)/t20-,21+,28-,29+,30-,31+,32-,33+,37+/m0/s1. The molecule has 310 valence electrons. The highest BCUT2D eigenvalue weighted by atomic mass is 16.7. The van der Waals surface area contributed by atoms with Crippen LogP contribution in [0.15, 0.2) is 60.7 Å². The molecular formula is C38H48N4O15. The molecule has 2 aromatic carbocycles. The van der Waals surface area contributed by atoms with Gasteiger partial charge in [-0.1, -0.05) is 60.7 Å². The number of alkyl carbamates (subject to hydrolysis) is 1. The van der Waals surface area contributed by atoms with Gasteiger partial charge in [0.15, 0.2) is 24.6 Å². The molecule has 0 radical (unpaired) electrons. The van der Waals surface area contributed by atoms with Crippen LogP contribution < -0.4 is 21.7 Å². The summed E-state index contributed by atoms with van der Waals surface area (Å²) in [5.41, 5.74) is 6.99. The van der Waals surface area contributed by atoms with E-state index in [4.69, 9.17) is 38.9 Å². The Bertz CT molecular complexity index is 1730. The van der Waals surface area contributed by atoms with Crippen molar-refractivity contribution in [2.24, 2.45) is 5.73 Å². The van der Waals surface area contributed by atoms with Gasteiger partial charge in [-0.15, -0.1) is 0 Å². The van der Waals surface area contributed by atoms with Crippen molar-refractivity contribution in [2.45, 2.75) is 110 Å². The maximum Gasteiger partial charge on any atom is 0.408 e. The summed E-state index contributed by atoms with van der Waals surface area (Å²) in [4.78, 5) is 101. The molecule has 0 bridgehead atoms. The molecule has 0 unspecified atom stereocenters. The summed E-state index contributed by atoms with van der Waals surface area (Å²) in [6.45, 7) is 6.22. The van der Waals surface area contributed by atoms with Gasteiger partial charge in [-0.3, -0.25) is 33.6 Å². The summed E-state index contributed by atoms with van der Waals surface area (Å²) in [6, 6.07) is 13.1. The Labute approximate surface area is 328 Å². The van der Waals surface area contributed by atoms with Crippen LogP contribution in [0.3, 0.4) is 0 Å². The maximum absolute atomic E-state index is 14.0. The summed E-state index contributed by atoms with van der Waals surface area (Å²) < 4.78 is 38.7. The first kappa shape index (κ1) is 45.3. The van der Waals surface area contributed by atoms with Gasteiger partial charge in [0.2, 0.25) is 17.7 Å². The van der Waals surface area contributed by atoms with Crippen molar-refractivity contribution in [1.29, 1.82) is 0 Å². The van der Waals surface area contributed by atoms with E-state index in [1.165, 1.54) is 13.8 Å². The lowest BCUT2D eigenvalue weighted by Gasteiger charge is -2.45. The number of esters is 4. The van der Waals surface area contributed by atoms with E-state index in [2.05, 4.69) is 16.0 Å². The first-order chi connectivity index (χ1) is 26.9. The van der Waals surface area contributed by atoms with Crippen LogP contribution in [-0.4, -0.2) is 109 Å². The van der Waals surface area contributed by atoms with Crippen LogP contribution in [0.4, 0.5) is 4.79 Å². The van der Waals surface area contributed by atoms with Gasteiger partial charge < -0.3 is 54.8 Å². The summed E-state index contributed by atoms with van der Waals surface area (Å²) in [6.07, 6.45) is -10.3. The minimum Gasteiger partial charge on any atom is -0.463 e. The SMILES string of the molecule is CC(=O)OC[C@H]1O[C@@H](O[C@H](C)[C@H](NC(=O)[C@H](C)NC(=O)OCc2ccccc2)C(=O)N[C@@H](Cc2ccccc2)C(N)=O)[C@H](OC(C)=O)[C@@H](OC(C)=O)[C@@H]1OC(C)=O. The number of hydrogen-bond acceptors (Lipinski definition) is 15. The molecule has 19 nitrogen and oxygen atoms in total. The molecule has 4 amide bonds. The number of hydrogen-bond donors (Lipinski definition) is 4. The molecule has 57 heavy (non-hydrogen) atoms. The van der Waals surface area contributed by atoms with E-state index in [0.717, 1.165) is 27.7 Å². The molecule has 5 N–H and O–H groups in total. The van der Waals surface area contributed by atoms with Crippen LogP contribution in [0.2, 0.25) is 0 Å². The third kappa shape index (κ3) is 14.8. The number of nitrogens with one attached hydrogen (secondary N) is 3. The van der Waals surface area contributed by atoms with Crippen LogP contribution in [0.5, 0.6) is 0 Å². The zero-order valence-corrected chi connectivity index (χ0v) is 32.3. The fourth-order valence-corrected chi connectivity index (χ4v) is 5.60. The number of ether oxygens (including phenoxy) is 7. The Morgan fingerprint density at radius 2 is 1.21 bits per heavy atom. The van der Waals surface area contributed by atoms with Crippen molar-refractivity contribution < 1.29 is 71.5 Å². The van der Waals surface area contributed by atoms with Crippen LogP contribution in [0.25, 0.3) is 0 Å². The van der Waals surface area contributed by atoms with Crippen LogP contribution in [0, 0.1) is 0 Å². The minimum absolute atomic E-state index is 0.0251. The number of primary amides is 1. The molecule has 0 saturated carbocycles. The van der Waals surface area contributed by atoms with Crippen molar-refractivity contribution in [3.63, 3.8) is 0 Å². The Kier molecular flexibility index (Phi) is 17.4. The van der Waals surface area contributed by atoms with E-state index in [1.807, 2.05) is 0 Å². The predicted octanol–water partition coefficient (Wildman–Crippen LogP) is 0.487. The van der Waals surface area contributed by atoms with Crippen LogP contribution >= 0.6 is 0 Å². The first-order valence-corrected chi connectivity index (χ1v) is 17.8. The lowest BCUT2D eigenvalue weighted by molar-refractivity contribution is -0.316. The van der Waals surface area contributed by atoms with Crippen molar-refractivity contribution in [2.75, 3.05) is 6.61 Å². The molecular weight excluding hydrogens is 752 g/mol. The third-order valence-electron chi connectivity index (χ3n) is 8.23. The molecule has 3 rings (SSSR count). The van der Waals surface area contributed by atoms with Crippen molar-refractivity contribution in [3.8, 4) is 0 Å². The molecule has 1 heterocycles. The average molecular weight is 801 g/mol. The Morgan fingerprint density at radius 3 is 1.75 bits per heavy atom. The molecule has 19 heteroatoms. The van der Waals surface area contributed by atoms with Crippen LogP contribution in [-0.2, 0) is 79.7 Å². The quantitative estimate of drug-likeness (QED) is 0.118. The summed E-state index contributed by atoms with van der Waals surface area (Å²) in [7, 11) is 0. The van der Waals surface area contributed by atoms with E-state index in [-0.39, 0.29) is 13.0 Å². The van der Waals surface area contributed by atoms with E-state index in [9.17, 15) is 38.4 Å². The summed E-state index contributed by atoms with van der Waals surface area (Å²) >= 11 is 0. The van der Waals surface area contributed by atoms with Gasteiger partial charge in [0.25, 0.3) is 0 Å². The highest BCUT2D eigenvalue weighted by Gasteiger charge is 2.53. The number of benzene rings is 2. The maximum atomic E-state index is 14.0. The summed E-state index contributed by atoms with van der Waals surface area (Å²) in [5, 5.41) is 7.39. The third-order valence-corrected chi connectivity index (χ3v) is 8.23. The monoisotopic (exact) mass is 800 g/mol. The lowest BCUT2D eigenvalue weighted by atomic mass is 9.97. The fraction of sp³-hybridized carbons (Fsp3) is 0.474. The van der Waals surface area contributed by atoms with Crippen molar-refractivity contribution in [1.82, 2.24) is 16.0 Å². The van der Waals surface area contributed by atoms with Gasteiger partial charge in [0, 0.05) is 34.1 Å². The topological polar surface area (TPSA) is 263 Å². The number of nitrogens with two attached hydrogens (primary N) is 1. The smallest absolute Gasteiger partial charge is 0.408 e.